The molecular weight excluding hydrogens is 344 g/mol. The van der Waals surface area contributed by atoms with Crippen molar-refractivity contribution in [3.8, 4) is 0 Å². The molecule has 2 aliphatic rings. The van der Waals surface area contributed by atoms with Crippen molar-refractivity contribution in [1.29, 1.82) is 0 Å². The Kier molecular flexibility index (Phi) is 4.67. The fourth-order valence-electron chi connectivity index (χ4n) is 3.68. The zero-order chi connectivity index (χ0) is 18.4. The highest BCUT2D eigenvalue weighted by Gasteiger charge is 2.42. The Bertz CT molecular complexity index is 771. The van der Waals surface area contributed by atoms with Crippen LogP contribution < -0.4 is 0 Å². The van der Waals surface area contributed by atoms with E-state index >= 15 is 0 Å². The molecule has 0 aromatic carbocycles. The first-order valence-electron chi connectivity index (χ1n) is 8.50. The third kappa shape index (κ3) is 3.58. The van der Waals surface area contributed by atoms with Crippen LogP contribution in [0.3, 0.4) is 0 Å². The molecule has 3 rings (SSSR count). The van der Waals surface area contributed by atoms with E-state index in [-0.39, 0.29) is 12.5 Å². The summed E-state index contributed by atoms with van der Waals surface area (Å²) in [7, 11) is -1.69. The largest absolute Gasteiger partial charge is 0.374 e. The number of ether oxygens (including phenoxy) is 1. The van der Waals surface area contributed by atoms with Crippen LogP contribution >= 0.6 is 0 Å². The molecule has 1 fully saturated rings. The molecule has 3 heterocycles. The summed E-state index contributed by atoms with van der Waals surface area (Å²) in [5.74, 6) is -0.196. The smallest absolute Gasteiger partial charge is 0.245 e. The average Bonchev–Trinajstić information content (AvgIpc) is 2.78. The molecule has 2 aliphatic heterocycles. The van der Waals surface area contributed by atoms with Gasteiger partial charge >= 0.3 is 0 Å². The summed E-state index contributed by atoms with van der Waals surface area (Å²) in [5, 5.41) is 4.24. The van der Waals surface area contributed by atoms with Crippen molar-refractivity contribution in [2.24, 2.45) is 7.05 Å². The minimum absolute atomic E-state index is 0.196. The van der Waals surface area contributed by atoms with Gasteiger partial charge in [0, 0.05) is 51.0 Å². The summed E-state index contributed by atoms with van der Waals surface area (Å²) >= 11 is 0. The number of amides is 1. The molecule has 140 valence electrons. The highest BCUT2D eigenvalue weighted by Crippen LogP contribution is 2.33. The van der Waals surface area contributed by atoms with E-state index in [0.717, 1.165) is 18.4 Å². The van der Waals surface area contributed by atoms with E-state index in [4.69, 9.17) is 4.74 Å². The summed E-state index contributed by atoms with van der Waals surface area (Å²) in [6.07, 6.45) is 4.07. The molecule has 1 unspecified atom stereocenters. The Morgan fingerprint density at radius 3 is 2.76 bits per heavy atom. The van der Waals surface area contributed by atoms with E-state index in [1.54, 1.807) is 15.8 Å². The Morgan fingerprint density at radius 2 is 2.08 bits per heavy atom. The zero-order valence-electron chi connectivity index (χ0n) is 15.2. The van der Waals surface area contributed by atoms with Crippen LogP contribution in [0.4, 0.5) is 0 Å². The number of rotatable bonds is 2. The van der Waals surface area contributed by atoms with Crippen LogP contribution in [0, 0.1) is 0 Å². The van der Waals surface area contributed by atoms with Crippen LogP contribution in [0.25, 0.3) is 0 Å². The van der Waals surface area contributed by atoms with Crippen molar-refractivity contribution < 1.29 is 17.9 Å². The first-order chi connectivity index (χ1) is 11.6. The van der Waals surface area contributed by atoms with Crippen molar-refractivity contribution in [2.75, 3.05) is 32.5 Å². The van der Waals surface area contributed by atoms with Crippen LogP contribution in [0.15, 0.2) is 6.20 Å². The second-order valence-corrected chi connectivity index (χ2v) is 9.35. The van der Waals surface area contributed by atoms with Crippen molar-refractivity contribution >= 4 is 15.9 Å². The van der Waals surface area contributed by atoms with Crippen LogP contribution in [-0.4, -0.2) is 71.4 Å². The van der Waals surface area contributed by atoms with Crippen LogP contribution in [0.1, 0.15) is 37.6 Å². The number of sulfonamides is 1. The zero-order valence-corrected chi connectivity index (χ0v) is 16.0. The van der Waals surface area contributed by atoms with Gasteiger partial charge in [-0.2, -0.15) is 9.40 Å². The Morgan fingerprint density at radius 1 is 1.36 bits per heavy atom. The average molecular weight is 370 g/mol. The normalized spacial score (nSPS) is 24.6. The van der Waals surface area contributed by atoms with E-state index in [1.807, 2.05) is 20.9 Å². The molecule has 25 heavy (non-hydrogen) atoms. The summed E-state index contributed by atoms with van der Waals surface area (Å²) < 4.78 is 33.4. The fourth-order valence-corrected chi connectivity index (χ4v) is 4.69. The third-order valence-electron chi connectivity index (χ3n) is 4.85. The van der Waals surface area contributed by atoms with Gasteiger partial charge in [0.05, 0.1) is 18.1 Å². The molecule has 0 saturated carbocycles. The van der Waals surface area contributed by atoms with Gasteiger partial charge < -0.3 is 9.64 Å². The van der Waals surface area contributed by atoms with Crippen LogP contribution in [0.2, 0.25) is 0 Å². The van der Waals surface area contributed by atoms with E-state index in [2.05, 4.69) is 5.10 Å². The van der Waals surface area contributed by atoms with Crippen molar-refractivity contribution in [2.45, 2.75) is 38.3 Å². The topological polar surface area (TPSA) is 84.7 Å². The van der Waals surface area contributed by atoms with Gasteiger partial charge in [0.2, 0.25) is 15.9 Å². The second-order valence-electron chi connectivity index (χ2n) is 7.42. The quantitative estimate of drug-likeness (QED) is 0.748. The Balaban J connectivity index is 1.99. The first-order valence-corrected chi connectivity index (χ1v) is 10.4. The molecule has 1 amide bonds. The van der Waals surface area contributed by atoms with Gasteiger partial charge in [-0.05, 0) is 20.3 Å². The predicted octanol–water partition coefficient (Wildman–Crippen LogP) is 0.306. The van der Waals surface area contributed by atoms with Gasteiger partial charge in [-0.3, -0.25) is 9.48 Å². The summed E-state index contributed by atoms with van der Waals surface area (Å²) in [6, 6.07) is -0.846. The van der Waals surface area contributed by atoms with E-state index in [9.17, 15) is 13.2 Å². The molecule has 8 nitrogen and oxygen atoms in total. The lowest BCUT2D eigenvalue weighted by Gasteiger charge is -2.37. The highest BCUT2D eigenvalue weighted by molar-refractivity contribution is 7.88. The Hall–Kier alpha value is -1.45. The molecule has 9 heteroatoms. The highest BCUT2D eigenvalue weighted by atomic mass is 32.2. The number of carbonyl (C=O) groups is 1. The lowest BCUT2D eigenvalue weighted by Crippen LogP contribution is -2.50. The van der Waals surface area contributed by atoms with Crippen LogP contribution in [0.5, 0.6) is 0 Å². The van der Waals surface area contributed by atoms with Crippen LogP contribution in [-0.2, 0) is 33.0 Å². The maximum Gasteiger partial charge on any atom is 0.245 e. The third-order valence-corrected chi connectivity index (χ3v) is 6.10. The Labute approximate surface area is 148 Å². The number of hydrogen-bond acceptors (Lipinski definition) is 5. The van der Waals surface area contributed by atoms with Gasteiger partial charge in [-0.1, -0.05) is 0 Å². The molecule has 0 aliphatic carbocycles. The number of carbonyl (C=O) groups excluding carboxylic acids is 1. The molecule has 0 spiro atoms. The molecule has 0 bridgehead atoms. The van der Waals surface area contributed by atoms with Crippen molar-refractivity contribution in [3.05, 3.63) is 17.5 Å². The van der Waals surface area contributed by atoms with Gasteiger partial charge in [0.15, 0.2) is 0 Å². The molecule has 1 saturated heterocycles. The standard InChI is InChI=1S/C16H26N4O4S/c1-16(2)11-19(7-5-9-24-16)15(21)14-12-10-17-18(3)13(12)6-8-20(14)25(4,22)23/h10,14H,5-9,11H2,1-4H3. The van der Waals surface area contributed by atoms with Crippen molar-refractivity contribution in [1.82, 2.24) is 19.0 Å². The fraction of sp³-hybridized carbons (Fsp3) is 0.750. The lowest BCUT2D eigenvalue weighted by molar-refractivity contribution is -0.138. The van der Waals surface area contributed by atoms with Gasteiger partial charge in [0.1, 0.15) is 6.04 Å². The second kappa shape index (κ2) is 6.37. The maximum absolute atomic E-state index is 13.4. The van der Waals surface area contributed by atoms with E-state index in [0.29, 0.717) is 31.7 Å². The number of fused-ring (bicyclic) bond motifs is 1. The number of hydrogen-bond donors (Lipinski definition) is 0. The summed E-state index contributed by atoms with van der Waals surface area (Å²) in [5.41, 5.74) is 1.16. The number of nitrogens with zero attached hydrogens (tertiary/aromatic N) is 4. The van der Waals surface area contributed by atoms with E-state index < -0.39 is 21.7 Å². The molecule has 0 radical (unpaired) electrons. The predicted molar refractivity (Wildman–Crippen MR) is 92.4 cm³/mol. The lowest BCUT2D eigenvalue weighted by atomic mass is 9.99. The van der Waals surface area contributed by atoms with Gasteiger partial charge in [-0.25, -0.2) is 8.42 Å². The van der Waals surface area contributed by atoms with E-state index in [1.165, 1.54) is 4.31 Å². The minimum Gasteiger partial charge on any atom is -0.374 e. The molecular formula is C16H26N4O4S. The number of aromatic nitrogens is 2. The summed E-state index contributed by atoms with van der Waals surface area (Å²) in [4.78, 5) is 15.1. The molecule has 1 aromatic rings. The molecule has 1 aromatic heterocycles. The van der Waals surface area contributed by atoms with Crippen molar-refractivity contribution in [3.63, 3.8) is 0 Å². The minimum atomic E-state index is -3.51. The van der Waals surface area contributed by atoms with Gasteiger partial charge in [0.25, 0.3) is 0 Å². The molecule has 1 atom stereocenters. The monoisotopic (exact) mass is 370 g/mol. The number of aryl methyl sites for hydroxylation is 1. The summed E-state index contributed by atoms with van der Waals surface area (Å²) in [6.45, 7) is 5.78. The maximum atomic E-state index is 13.4. The van der Waals surface area contributed by atoms with Gasteiger partial charge in [-0.15, -0.1) is 0 Å². The first kappa shape index (κ1) is 18.3. The SMILES string of the molecule is Cn1ncc2c1CCN(S(C)(=O)=O)C2C(=O)N1CCCOC(C)(C)C1. The molecule has 0 N–H and O–H groups in total.